The molecule has 6 nitrogen and oxygen atoms in total. The number of imidazole rings is 1. The molecule has 0 fully saturated rings. The molecule has 2 heterocycles. The Hall–Kier alpha value is -2.41. The van der Waals surface area contributed by atoms with Gasteiger partial charge < -0.3 is 0 Å². The Kier molecular flexibility index (Phi) is 4.51. The van der Waals surface area contributed by atoms with E-state index in [0.717, 1.165) is 0 Å². The molecule has 0 amide bonds. The Labute approximate surface area is 146 Å². The van der Waals surface area contributed by atoms with E-state index in [1.165, 1.54) is 24.1 Å². The van der Waals surface area contributed by atoms with Crippen LogP contribution in [0, 0.1) is 0 Å². The SMILES string of the molecule is COC(=O)c1cccc(-n2cnc3c([AsH]C)nc(C(F)(F)F)nc32)c1. The maximum atomic E-state index is 13.1. The fraction of sp³-hybridized carbons (Fsp3) is 0.200. The van der Waals surface area contributed by atoms with Gasteiger partial charge in [-0.3, -0.25) is 0 Å². The van der Waals surface area contributed by atoms with E-state index < -0.39 is 33.7 Å². The van der Waals surface area contributed by atoms with Crippen molar-refractivity contribution >= 4 is 37.4 Å². The first-order chi connectivity index (χ1) is 11.8. The zero-order valence-electron chi connectivity index (χ0n) is 13.1. The molecular formula is C15H12AsF3N4O2. The number of ether oxygens (including phenoxy) is 1. The first-order valence-electron chi connectivity index (χ1n) is 7.04. The van der Waals surface area contributed by atoms with Gasteiger partial charge in [-0.2, -0.15) is 0 Å². The number of carbonyl (C=O) groups excluding carboxylic acids is 1. The summed E-state index contributed by atoms with van der Waals surface area (Å²) in [6.07, 6.45) is -3.27. The molecule has 0 N–H and O–H groups in total. The number of alkyl halides is 3. The van der Waals surface area contributed by atoms with Crippen molar-refractivity contribution in [2.45, 2.75) is 11.9 Å². The number of fused-ring (bicyclic) bond motifs is 1. The quantitative estimate of drug-likeness (QED) is 0.484. The zero-order chi connectivity index (χ0) is 18.2. The van der Waals surface area contributed by atoms with Crippen LogP contribution in [0.25, 0.3) is 16.9 Å². The van der Waals surface area contributed by atoms with Gasteiger partial charge in [-0.15, -0.1) is 0 Å². The fourth-order valence-electron chi connectivity index (χ4n) is 2.29. The summed E-state index contributed by atoms with van der Waals surface area (Å²) in [7, 11) is 1.25. The van der Waals surface area contributed by atoms with Crippen LogP contribution in [0.5, 0.6) is 0 Å². The summed E-state index contributed by atoms with van der Waals surface area (Å²) in [5.74, 6) is -1.73. The van der Waals surface area contributed by atoms with Gasteiger partial charge >= 0.3 is 146 Å². The third kappa shape index (κ3) is 3.24. The maximum absolute atomic E-state index is 13.1. The molecule has 130 valence electrons. The van der Waals surface area contributed by atoms with Gasteiger partial charge in [0, 0.05) is 0 Å². The second kappa shape index (κ2) is 6.48. The fourth-order valence-corrected chi connectivity index (χ4v) is 3.61. The minimum absolute atomic E-state index is 0.0601. The summed E-state index contributed by atoms with van der Waals surface area (Å²) in [5, 5.41) is 0. The molecule has 3 aromatic rings. The number of rotatable bonds is 3. The van der Waals surface area contributed by atoms with Gasteiger partial charge in [0.15, 0.2) is 0 Å². The van der Waals surface area contributed by atoms with Crippen molar-refractivity contribution in [3.8, 4) is 5.69 Å². The molecule has 0 aliphatic rings. The van der Waals surface area contributed by atoms with Crippen LogP contribution >= 0.6 is 0 Å². The first-order valence-corrected chi connectivity index (χ1v) is 10.2. The molecule has 0 radical (unpaired) electrons. The molecule has 0 saturated carbocycles. The van der Waals surface area contributed by atoms with Crippen molar-refractivity contribution in [1.29, 1.82) is 0 Å². The van der Waals surface area contributed by atoms with E-state index in [1.54, 1.807) is 18.2 Å². The number of methoxy groups -OCH3 is 1. The summed E-state index contributed by atoms with van der Waals surface area (Å²) in [4.78, 5) is 23.1. The molecule has 0 aliphatic heterocycles. The number of hydrogen-bond acceptors (Lipinski definition) is 5. The van der Waals surface area contributed by atoms with E-state index in [2.05, 4.69) is 19.7 Å². The summed E-state index contributed by atoms with van der Waals surface area (Å²) >= 11 is -0.874. The molecule has 0 spiro atoms. The van der Waals surface area contributed by atoms with Crippen LogP contribution in [0.2, 0.25) is 5.71 Å². The predicted octanol–water partition coefficient (Wildman–Crippen LogP) is 1.73. The molecule has 25 heavy (non-hydrogen) atoms. The monoisotopic (exact) mass is 412 g/mol. The molecule has 1 unspecified atom stereocenters. The molecule has 1 atom stereocenters. The zero-order valence-corrected chi connectivity index (χ0v) is 15.2. The van der Waals surface area contributed by atoms with E-state index in [0.29, 0.717) is 15.7 Å². The molecule has 3 rings (SSSR count). The molecule has 0 aliphatic carbocycles. The molecule has 0 saturated heterocycles. The van der Waals surface area contributed by atoms with Crippen molar-refractivity contribution in [3.05, 3.63) is 42.0 Å². The Balaban J connectivity index is 2.22. The predicted molar refractivity (Wildman–Crippen MR) is 85.6 cm³/mol. The standard InChI is InChI=1S/C15H12AsF3N4O2/c1-16-11-10-12(22-14(21-11)15(17,18)19)23(7-20-10)9-5-3-4-8(6-9)13(24)25-2/h3-7,16H,1-2H3. The van der Waals surface area contributed by atoms with Crippen molar-refractivity contribution < 1.29 is 22.7 Å². The van der Waals surface area contributed by atoms with Gasteiger partial charge in [-0.05, 0) is 0 Å². The Bertz CT molecular complexity index is 956. The van der Waals surface area contributed by atoms with Crippen molar-refractivity contribution in [2.24, 2.45) is 0 Å². The second-order valence-corrected chi connectivity index (χ2v) is 7.01. The molecular weight excluding hydrogens is 400 g/mol. The Morgan fingerprint density at radius 3 is 2.68 bits per heavy atom. The number of carbonyl (C=O) groups is 1. The van der Waals surface area contributed by atoms with Crippen LogP contribution in [0.4, 0.5) is 13.2 Å². The van der Waals surface area contributed by atoms with Crippen molar-refractivity contribution in [3.63, 3.8) is 0 Å². The van der Waals surface area contributed by atoms with E-state index in [4.69, 9.17) is 0 Å². The average Bonchev–Trinajstić information content (AvgIpc) is 3.03. The number of aromatic nitrogens is 4. The molecule has 0 bridgehead atoms. The van der Waals surface area contributed by atoms with Gasteiger partial charge in [-0.25, -0.2) is 0 Å². The van der Waals surface area contributed by atoms with Crippen LogP contribution in [0.3, 0.4) is 0 Å². The van der Waals surface area contributed by atoms with E-state index in [1.807, 2.05) is 5.71 Å². The topological polar surface area (TPSA) is 69.9 Å². The summed E-state index contributed by atoms with van der Waals surface area (Å²) in [6, 6.07) is 6.30. The van der Waals surface area contributed by atoms with Gasteiger partial charge in [0.05, 0.1) is 0 Å². The first kappa shape index (κ1) is 17.4. The second-order valence-electron chi connectivity index (χ2n) is 4.97. The molecule has 1 aromatic carbocycles. The molecule has 2 aromatic heterocycles. The number of benzene rings is 1. The Morgan fingerprint density at radius 1 is 1.28 bits per heavy atom. The molecule has 10 heteroatoms. The summed E-state index contributed by atoms with van der Waals surface area (Å²) < 4.78 is 45.7. The van der Waals surface area contributed by atoms with Crippen LogP contribution in [0.15, 0.2) is 30.6 Å². The van der Waals surface area contributed by atoms with E-state index in [-0.39, 0.29) is 11.2 Å². The van der Waals surface area contributed by atoms with Crippen LogP contribution < -0.4 is 4.48 Å². The van der Waals surface area contributed by atoms with Gasteiger partial charge in [0.2, 0.25) is 0 Å². The number of hydrogen-bond donors (Lipinski definition) is 0. The van der Waals surface area contributed by atoms with Crippen molar-refractivity contribution in [1.82, 2.24) is 19.5 Å². The minimum atomic E-state index is -4.65. The average molecular weight is 412 g/mol. The van der Waals surface area contributed by atoms with Crippen LogP contribution in [0.1, 0.15) is 16.2 Å². The third-order valence-corrected chi connectivity index (χ3v) is 5.16. The van der Waals surface area contributed by atoms with Crippen molar-refractivity contribution in [2.75, 3.05) is 7.11 Å². The van der Waals surface area contributed by atoms with Gasteiger partial charge in [0.25, 0.3) is 0 Å². The van der Waals surface area contributed by atoms with Crippen LogP contribution in [-0.4, -0.2) is 48.4 Å². The number of halogens is 3. The van der Waals surface area contributed by atoms with Gasteiger partial charge in [-0.1, -0.05) is 0 Å². The normalized spacial score (nSPS) is 12.2. The van der Waals surface area contributed by atoms with E-state index >= 15 is 0 Å². The summed E-state index contributed by atoms with van der Waals surface area (Å²) in [5.41, 5.74) is 2.96. The Morgan fingerprint density at radius 2 is 2.04 bits per heavy atom. The number of nitrogens with zero attached hydrogens (tertiary/aromatic N) is 4. The van der Waals surface area contributed by atoms with E-state index in [9.17, 15) is 18.0 Å². The van der Waals surface area contributed by atoms with Crippen LogP contribution in [-0.2, 0) is 10.9 Å². The summed E-state index contributed by atoms with van der Waals surface area (Å²) in [6.45, 7) is 0. The number of esters is 1. The third-order valence-electron chi connectivity index (χ3n) is 3.43. The van der Waals surface area contributed by atoms with Gasteiger partial charge in [0.1, 0.15) is 0 Å².